The fraction of sp³-hybridized carbons (Fsp3) is 0.278. The van der Waals surface area contributed by atoms with Crippen LogP contribution in [0.25, 0.3) is 0 Å². The van der Waals surface area contributed by atoms with Crippen LogP contribution in [0, 0.1) is 6.92 Å². The lowest BCUT2D eigenvalue weighted by Crippen LogP contribution is -2.35. The molecule has 0 fully saturated rings. The molecule has 9 nitrogen and oxygen atoms in total. The number of amides is 1. The van der Waals surface area contributed by atoms with Crippen LogP contribution in [0.5, 0.6) is 5.75 Å². The number of hydrogen-bond donors (Lipinski definition) is 1. The molecule has 1 aliphatic heterocycles. The van der Waals surface area contributed by atoms with Crippen LogP contribution in [0.2, 0.25) is 0 Å². The lowest BCUT2D eigenvalue weighted by atomic mass is 10.2. The molecular weight excluding hydrogens is 416 g/mol. The highest BCUT2D eigenvalue weighted by atomic mass is 32.2. The summed E-state index contributed by atoms with van der Waals surface area (Å²) < 4.78 is 37.3. The van der Waals surface area contributed by atoms with Gasteiger partial charge in [0.15, 0.2) is 10.8 Å². The predicted octanol–water partition coefficient (Wildman–Crippen LogP) is 2.45. The van der Waals surface area contributed by atoms with Gasteiger partial charge in [-0.3, -0.25) is 10.1 Å². The van der Waals surface area contributed by atoms with Gasteiger partial charge in [0.2, 0.25) is 10.0 Å². The van der Waals surface area contributed by atoms with Gasteiger partial charge in [0, 0.05) is 23.9 Å². The summed E-state index contributed by atoms with van der Waals surface area (Å²) in [5, 5.41) is 6.77. The Hall–Kier alpha value is -2.76. The van der Waals surface area contributed by atoms with Gasteiger partial charge in [0.05, 0.1) is 24.2 Å². The number of nitrogens with zero attached hydrogens (tertiary/aromatic N) is 3. The van der Waals surface area contributed by atoms with Crippen molar-refractivity contribution in [3.63, 3.8) is 0 Å². The fourth-order valence-electron chi connectivity index (χ4n) is 2.96. The van der Waals surface area contributed by atoms with E-state index in [2.05, 4.69) is 15.5 Å². The minimum absolute atomic E-state index is 0.166. The Balaban J connectivity index is 1.50. The highest BCUT2D eigenvalue weighted by Gasteiger charge is 2.30. The zero-order chi connectivity index (χ0) is 20.6. The third kappa shape index (κ3) is 3.88. The van der Waals surface area contributed by atoms with Crippen molar-refractivity contribution in [3.8, 4) is 5.75 Å². The maximum absolute atomic E-state index is 12.9. The molecular formula is C18H18N4O5S2. The molecule has 29 heavy (non-hydrogen) atoms. The fourth-order valence-corrected chi connectivity index (χ4v) is 5.47. The Bertz CT molecular complexity index is 1150. The number of hydrogen-bond acceptors (Lipinski definition) is 8. The minimum Gasteiger partial charge on any atom is -0.497 e. The molecule has 0 atom stereocenters. The third-order valence-electron chi connectivity index (χ3n) is 4.47. The number of ether oxygens (including phenoxy) is 1. The lowest BCUT2D eigenvalue weighted by Gasteiger charge is -2.25. The molecule has 0 bridgehead atoms. The molecule has 0 saturated carbocycles. The van der Waals surface area contributed by atoms with Gasteiger partial charge in [-0.1, -0.05) is 5.16 Å². The van der Waals surface area contributed by atoms with E-state index >= 15 is 0 Å². The van der Waals surface area contributed by atoms with Crippen LogP contribution in [0.4, 0.5) is 5.13 Å². The van der Waals surface area contributed by atoms with Gasteiger partial charge in [0.1, 0.15) is 11.5 Å². The quantitative estimate of drug-likeness (QED) is 0.656. The van der Waals surface area contributed by atoms with Gasteiger partial charge in [0.25, 0.3) is 5.91 Å². The number of aromatic nitrogens is 2. The van der Waals surface area contributed by atoms with Gasteiger partial charge in [-0.15, -0.1) is 11.3 Å². The highest BCUT2D eigenvalue weighted by molar-refractivity contribution is 7.89. The number of sulfonamides is 1. The summed E-state index contributed by atoms with van der Waals surface area (Å²) in [5.41, 5.74) is 0.960. The number of rotatable bonds is 5. The number of anilines is 1. The van der Waals surface area contributed by atoms with Crippen molar-refractivity contribution in [1.29, 1.82) is 0 Å². The van der Waals surface area contributed by atoms with E-state index in [1.807, 2.05) is 0 Å². The van der Waals surface area contributed by atoms with Gasteiger partial charge < -0.3 is 9.26 Å². The SMILES string of the molecule is COc1ccc(S(=O)(=O)N2CCc3nc(NC(=O)c4cc(C)on4)sc3C2)cc1. The van der Waals surface area contributed by atoms with Crippen LogP contribution in [0.15, 0.2) is 39.8 Å². The molecule has 1 aromatic carbocycles. The monoisotopic (exact) mass is 434 g/mol. The summed E-state index contributed by atoms with van der Waals surface area (Å²) >= 11 is 1.26. The third-order valence-corrected chi connectivity index (χ3v) is 7.33. The number of thiazole rings is 1. The Kier molecular flexibility index (Phi) is 5.11. The topological polar surface area (TPSA) is 115 Å². The summed E-state index contributed by atoms with van der Waals surface area (Å²) in [5.74, 6) is 0.707. The molecule has 3 heterocycles. The first-order chi connectivity index (χ1) is 13.9. The van der Waals surface area contributed by atoms with Crippen molar-refractivity contribution in [2.45, 2.75) is 24.8 Å². The van der Waals surface area contributed by atoms with E-state index in [1.165, 1.54) is 41.0 Å². The average Bonchev–Trinajstić information content (AvgIpc) is 3.32. The van der Waals surface area contributed by atoms with E-state index in [0.29, 0.717) is 29.6 Å². The van der Waals surface area contributed by atoms with Crippen molar-refractivity contribution in [3.05, 3.63) is 52.4 Å². The standard InChI is InChI=1S/C18H18N4O5S2/c1-11-9-15(21-27-11)17(23)20-18-19-14-7-8-22(10-16(14)28-18)29(24,25)13-5-3-12(26-2)4-6-13/h3-6,9H,7-8,10H2,1-2H3,(H,19,20,23). The molecule has 0 radical (unpaired) electrons. The molecule has 0 spiro atoms. The number of carbonyl (C=O) groups excluding carboxylic acids is 1. The van der Waals surface area contributed by atoms with Gasteiger partial charge in [-0.25, -0.2) is 13.4 Å². The normalized spacial score (nSPS) is 14.4. The summed E-state index contributed by atoms with van der Waals surface area (Å²) in [7, 11) is -2.11. The molecule has 1 N–H and O–H groups in total. The Labute approximate surface area is 171 Å². The number of methoxy groups -OCH3 is 1. The van der Waals surface area contributed by atoms with Gasteiger partial charge in [-0.2, -0.15) is 4.31 Å². The van der Waals surface area contributed by atoms with Crippen LogP contribution in [-0.2, 0) is 23.0 Å². The van der Waals surface area contributed by atoms with E-state index in [4.69, 9.17) is 9.26 Å². The van der Waals surface area contributed by atoms with E-state index in [-0.39, 0.29) is 17.1 Å². The highest BCUT2D eigenvalue weighted by Crippen LogP contribution is 2.31. The first-order valence-corrected chi connectivity index (χ1v) is 11.0. The van der Waals surface area contributed by atoms with E-state index in [0.717, 1.165) is 10.6 Å². The second kappa shape index (κ2) is 7.58. The Morgan fingerprint density at radius 1 is 1.31 bits per heavy atom. The Morgan fingerprint density at radius 3 is 2.72 bits per heavy atom. The molecule has 152 valence electrons. The molecule has 1 amide bonds. The van der Waals surface area contributed by atoms with Gasteiger partial charge in [-0.05, 0) is 31.2 Å². The largest absolute Gasteiger partial charge is 0.497 e. The minimum atomic E-state index is -3.64. The molecule has 3 aromatic rings. The zero-order valence-electron chi connectivity index (χ0n) is 15.7. The van der Waals surface area contributed by atoms with E-state index in [1.54, 1.807) is 19.1 Å². The van der Waals surface area contributed by atoms with Crippen LogP contribution < -0.4 is 10.1 Å². The van der Waals surface area contributed by atoms with E-state index in [9.17, 15) is 13.2 Å². The van der Waals surface area contributed by atoms with Crippen molar-refractivity contribution in [2.24, 2.45) is 0 Å². The van der Waals surface area contributed by atoms with E-state index < -0.39 is 15.9 Å². The number of fused-ring (bicyclic) bond motifs is 1. The summed E-state index contributed by atoms with van der Waals surface area (Å²) in [4.78, 5) is 17.7. The number of nitrogens with one attached hydrogen (secondary N) is 1. The predicted molar refractivity (Wildman–Crippen MR) is 106 cm³/mol. The molecule has 0 unspecified atom stereocenters. The zero-order valence-corrected chi connectivity index (χ0v) is 17.3. The average molecular weight is 434 g/mol. The van der Waals surface area contributed by atoms with Crippen LogP contribution in [-0.4, -0.2) is 42.4 Å². The summed E-state index contributed by atoms with van der Waals surface area (Å²) in [6.07, 6.45) is 0.472. The van der Waals surface area contributed by atoms with Crippen molar-refractivity contribution in [2.75, 3.05) is 19.0 Å². The second-order valence-corrected chi connectivity index (χ2v) is 9.45. The van der Waals surface area contributed by atoms with Crippen LogP contribution >= 0.6 is 11.3 Å². The van der Waals surface area contributed by atoms with Crippen molar-refractivity contribution in [1.82, 2.24) is 14.4 Å². The first kappa shape index (κ1) is 19.6. The number of benzene rings is 1. The molecule has 0 aliphatic carbocycles. The van der Waals surface area contributed by atoms with Crippen LogP contribution in [0.3, 0.4) is 0 Å². The van der Waals surface area contributed by atoms with Crippen molar-refractivity contribution < 1.29 is 22.5 Å². The van der Waals surface area contributed by atoms with Crippen molar-refractivity contribution >= 4 is 32.4 Å². The van der Waals surface area contributed by atoms with Gasteiger partial charge >= 0.3 is 0 Å². The summed E-state index contributed by atoms with van der Waals surface area (Å²) in [6.45, 7) is 2.23. The number of carbonyl (C=O) groups is 1. The molecule has 11 heteroatoms. The summed E-state index contributed by atoms with van der Waals surface area (Å²) in [6, 6.07) is 7.83. The molecule has 2 aromatic heterocycles. The smallest absolute Gasteiger partial charge is 0.279 e. The molecule has 0 saturated heterocycles. The lowest BCUT2D eigenvalue weighted by molar-refractivity contribution is 0.101. The second-order valence-electron chi connectivity index (χ2n) is 6.43. The molecule has 1 aliphatic rings. The maximum Gasteiger partial charge on any atom is 0.279 e. The van der Waals surface area contributed by atoms with Crippen LogP contribution in [0.1, 0.15) is 26.8 Å². The maximum atomic E-state index is 12.9. The Morgan fingerprint density at radius 2 is 2.07 bits per heavy atom. The first-order valence-electron chi connectivity index (χ1n) is 8.74. The number of aryl methyl sites for hydroxylation is 1. The molecule has 4 rings (SSSR count).